The highest BCUT2D eigenvalue weighted by Gasteiger charge is 2.34. The van der Waals surface area contributed by atoms with Gasteiger partial charge in [0.1, 0.15) is 0 Å². The Morgan fingerprint density at radius 3 is 2.21 bits per heavy atom. The molecule has 5 rings (SSSR count). The summed E-state index contributed by atoms with van der Waals surface area (Å²) >= 11 is 0. The molecule has 7 nitrogen and oxygen atoms in total. The van der Waals surface area contributed by atoms with Gasteiger partial charge in [0.15, 0.2) is 0 Å². The van der Waals surface area contributed by atoms with Crippen LogP contribution >= 0.6 is 0 Å². The van der Waals surface area contributed by atoms with Crippen LogP contribution in [0.25, 0.3) is 0 Å². The number of rotatable bonds is 12. The van der Waals surface area contributed by atoms with Crippen LogP contribution in [-0.2, 0) is 33.8 Å². The predicted molar refractivity (Wildman–Crippen MR) is 148 cm³/mol. The Bertz CT molecular complexity index is 1170. The minimum absolute atomic E-state index is 0.000934. The summed E-state index contributed by atoms with van der Waals surface area (Å²) in [4.78, 5) is 33.2. The Hall–Kier alpha value is -3.42. The molecule has 0 unspecified atom stereocenters. The van der Waals surface area contributed by atoms with Gasteiger partial charge in [-0.25, -0.2) is 0 Å². The zero-order valence-corrected chi connectivity index (χ0v) is 22.1. The molecule has 2 aromatic carbocycles. The SMILES string of the molecule is O=C(Cc1ccccc1)N(CCN1CCOCC1)CC(=O)N(Cc1cccn1Cc1ccccc1)C1CC1. The number of carbonyl (C=O) groups is 2. The van der Waals surface area contributed by atoms with E-state index in [0.29, 0.717) is 19.5 Å². The fourth-order valence-electron chi connectivity index (χ4n) is 5.02. The maximum atomic E-state index is 13.7. The molecule has 1 aromatic heterocycles. The second-order valence-corrected chi connectivity index (χ2v) is 10.3. The van der Waals surface area contributed by atoms with E-state index in [9.17, 15) is 9.59 Å². The van der Waals surface area contributed by atoms with Crippen molar-refractivity contribution in [2.75, 3.05) is 45.9 Å². The van der Waals surface area contributed by atoms with E-state index in [1.165, 1.54) is 5.56 Å². The second-order valence-electron chi connectivity index (χ2n) is 10.3. The molecule has 2 amide bonds. The number of hydrogen-bond acceptors (Lipinski definition) is 4. The molecular weight excluding hydrogens is 476 g/mol. The van der Waals surface area contributed by atoms with Gasteiger partial charge in [-0.05, 0) is 36.1 Å². The minimum Gasteiger partial charge on any atom is -0.379 e. The van der Waals surface area contributed by atoms with Gasteiger partial charge in [-0.2, -0.15) is 0 Å². The Labute approximate surface area is 225 Å². The average Bonchev–Trinajstić information content (AvgIpc) is 3.70. The molecule has 1 aliphatic carbocycles. The normalized spacial score (nSPS) is 15.8. The first-order valence-electron chi connectivity index (χ1n) is 13.7. The third-order valence-corrected chi connectivity index (χ3v) is 7.43. The minimum atomic E-state index is 0.000934. The smallest absolute Gasteiger partial charge is 0.242 e. The summed E-state index contributed by atoms with van der Waals surface area (Å²) in [6.07, 6.45) is 4.43. The van der Waals surface area contributed by atoms with E-state index in [1.807, 2.05) is 47.4 Å². The van der Waals surface area contributed by atoms with Crippen molar-refractivity contribution < 1.29 is 14.3 Å². The molecule has 1 saturated carbocycles. The molecule has 1 aliphatic heterocycles. The van der Waals surface area contributed by atoms with Gasteiger partial charge < -0.3 is 19.1 Å². The van der Waals surface area contributed by atoms with Crippen LogP contribution in [0.5, 0.6) is 0 Å². The summed E-state index contributed by atoms with van der Waals surface area (Å²) in [5.74, 6) is 0.0318. The van der Waals surface area contributed by atoms with Crippen LogP contribution in [0.3, 0.4) is 0 Å². The van der Waals surface area contributed by atoms with Gasteiger partial charge in [0, 0.05) is 50.7 Å². The molecule has 2 fully saturated rings. The van der Waals surface area contributed by atoms with Crippen LogP contribution in [0, 0.1) is 0 Å². The van der Waals surface area contributed by atoms with E-state index in [-0.39, 0.29) is 24.4 Å². The molecule has 3 aromatic rings. The van der Waals surface area contributed by atoms with Crippen molar-refractivity contribution in [3.8, 4) is 0 Å². The highest BCUT2D eigenvalue weighted by molar-refractivity contribution is 5.86. The summed E-state index contributed by atoms with van der Waals surface area (Å²) in [6.45, 7) is 5.91. The number of carbonyl (C=O) groups excluding carboxylic acids is 2. The van der Waals surface area contributed by atoms with Gasteiger partial charge in [0.25, 0.3) is 0 Å². The number of amides is 2. The summed E-state index contributed by atoms with van der Waals surface area (Å²) in [5, 5.41) is 0. The topological polar surface area (TPSA) is 58.0 Å². The largest absolute Gasteiger partial charge is 0.379 e. The van der Waals surface area contributed by atoms with Crippen molar-refractivity contribution in [2.45, 2.75) is 38.4 Å². The Balaban J connectivity index is 1.26. The van der Waals surface area contributed by atoms with E-state index in [1.54, 1.807) is 4.90 Å². The molecule has 200 valence electrons. The Morgan fingerprint density at radius 2 is 1.53 bits per heavy atom. The number of aromatic nitrogens is 1. The lowest BCUT2D eigenvalue weighted by Crippen LogP contribution is -2.48. The van der Waals surface area contributed by atoms with Gasteiger partial charge in [-0.1, -0.05) is 60.7 Å². The van der Waals surface area contributed by atoms with E-state index in [0.717, 1.165) is 63.5 Å². The lowest BCUT2D eigenvalue weighted by atomic mass is 10.1. The van der Waals surface area contributed by atoms with Gasteiger partial charge in [-0.15, -0.1) is 0 Å². The van der Waals surface area contributed by atoms with Crippen LogP contribution in [0.2, 0.25) is 0 Å². The first-order valence-corrected chi connectivity index (χ1v) is 13.7. The third-order valence-electron chi connectivity index (χ3n) is 7.43. The Kier molecular flexibility index (Phi) is 8.89. The highest BCUT2D eigenvalue weighted by Crippen LogP contribution is 2.29. The number of hydrogen-bond donors (Lipinski definition) is 0. The van der Waals surface area contributed by atoms with Crippen molar-refractivity contribution in [1.82, 2.24) is 19.3 Å². The zero-order chi connectivity index (χ0) is 26.2. The van der Waals surface area contributed by atoms with Gasteiger partial charge >= 0.3 is 0 Å². The van der Waals surface area contributed by atoms with E-state index >= 15 is 0 Å². The zero-order valence-electron chi connectivity index (χ0n) is 22.1. The van der Waals surface area contributed by atoms with E-state index < -0.39 is 0 Å². The molecule has 0 radical (unpaired) electrons. The predicted octanol–water partition coefficient (Wildman–Crippen LogP) is 3.43. The lowest BCUT2D eigenvalue weighted by Gasteiger charge is -2.31. The molecule has 0 N–H and O–H groups in total. The summed E-state index contributed by atoms with van der Waals surface area (Å²) < 4.78 is 7.69. The van der Waals surface area contributed by atoms with Crippen LogP contribution in [0.15, 0.2) is 79.0 Å². The number of ether oxygens (including phenoxy) is 1. The van der Waals surface area contributed by atoms with Crippen LogP contribution < -0.4 is 0 Å². The highest BCUT2D eigenvalue weighted by atomic mass is 16.5. The third kappa shape index (κ3) is 7.33. The maximum absolute atomic E-state index is 13.7. The van der Waals surface area contributed by atoms with Crippen molar-refractivity contribution in [3.63, 3.8) is 0 Å². The van der Waals surface area contributed by atoms with Crippen molar-refractivity contribution in [3.05, 3.63) is 95.8 Å². The molecule has 0 atom stereocenters. The lowest BCUT2D eigenvalue weighted by molar-refractivity contribution is -0.141. The first kappa shape index (κ1) is 26.2. The second kappa shape index (κ2) is 12.9. The maximum Gasteiger partial charge on any atom is 0.242 e. The Morgan fingerprint density at radius 1 is 0.842 bits per heavy atom. The quantitative estimate of drug-likeness (QED) is 0.372. The molecule has 1 saturated heterocycles. The van der Waals surface area contributed by atoms with Crippen molar-refractivity contribution >= 4 is 11.8 Å². The summed E-state index contributed by atoms with van der Waals surface area (Å²) in [6, 6.07) is 24.6. The average molecular weight is 515 g/mol. The molecule has 2 heterocycles. The fraction of sp³-hybridized carbons (Fsp3) is 0.419. The number of nitrogens with zero attached hydrogens (tertiary/aromatic N) is 4. The molecule has 0 spiro atoms. The molecule has 2 aliphatic rings. The monoisotopic (exact) mass is 514 g/mol. The molecule has 0 bridgehead atoms. The van der Waals surface area contributed by atoms with Crippen molar-refractivity contribution in [2.24, 2.45) is 0 Å². The van der Waals surface area contributed by atoms with Crippen LogP contribution in [-0.4, -0.2) is 83.1 Å². The van der Waals surface area contributed by atoms with Crippen LogP contribution in [0.1, 0.15) is 29.7 Å². The fourth-order valence-corrected chi connectivity index (χ4v) is 5.02. The van der Waals surface area contributed by atoms with Gasteiger partial charge in [0.05, 0.1) is 32.7 Å². The standard InChI is InChI=1S/C31H38N4O3/c36-30(22-26-8-3-1-4-9-26)34(17-16-32-18-20-38-21-19-32)25-31(37)35(28-13-14-28)24-29-12-7-15-33(29)23-27-10-5-2-6-11-27/h1-12,15,28H,13-14,16-25H2. The number of benzene rings is 2. The summed E-state index contributed by atoms with van der Waals surface area (Å²) in [7, 11) is 0. The van der Waals surface area contributed by atoms with Gasteiger partial charge in [-0.3, -0.25) is 14.5 Å². The van der Waals surface area contributed by atoms with Crippen LogP contribution in [0.4, 0.5) is 0 Å². The summed E-state index contributed by atoms with van der Waals surface area (Å²) in [5.41, 5.74) is 3.32. The van der Waals surface area contributed by atoms with E-state index in [4.69, 9.17) is 4.74 Å². The molecule has 38 heavy (non-hydrogen) atoms. The van der Waals surface area contributed by atoms with Crippen molar-refractivity contribution in [1.29, 1.82) is 0 Å². The molecule has 7 heteroatoms. The first-order chi connectivity index (χ1) is 18.7. The van der Waals surface area contributed by atoms with Gasteiger partial charge in [0.2, 0.25) is 11.8 Å². The van der Waals surface area contributed by atoms with E-state index in [2.05, 4.69) is 46.0 Å². The number of morpholine rings is 1. The molecular formula is C31H38N4O3.